The largest absolute Gasteiger partial charge is 0.391 e. The second kappa shape index (κ2) is 6.91. The summed E-state index contributed by atoms with van der Waals surface area (Å²) in [7, 11) is 0. The first-order valence-corrected chi connectivity index (χ1v) is 5.28. The van der Waals surface area contributed by atoms with Crippen molar-refractivity contribution < 1.29 is 5.11 Å². The van der Waals surface area contributed by atoms with Crippen LogP contribution < -0.4 is 0 Å². The standard InChI is InChI=1S/C11H21NO/c1-4-7-10(8-12)11(13)9(5-2)6-3/h9-11,13H,4-7H2,1-3H3. The first-order chi connectivity index (χ1) is 6.21. The number of aliphatic hydroxyl groups excluding tert-OH is 1. The Morgan fingerprint density at radius 1 is 1.23 bits per heavy atom. The van der Waals surface area contributed by atoms with E-state index in [9.17, 15) is 5.11 Å². The molecule has 0 aromatic rings. The van der Waals surface area contributed by atoms with Gasteiger partial charge in [-0.1, -0.05) is 40.0 Å². The summed E-state index contributed by atoms with van der Waals surface area (Å²) in [4.78, 5) is 0. The molecule has 0 aliphatic heterocycles. The summed E-state index contributed by atoms with van der Waals surface area (Å²) >= 11 is 0. The fourth-order valence-corrected chi connectivity index (χ4v) is 1.72. The van der Waals surface area contributed by atoms with E-state index in [4.69, 9.17) is 5.26 Å². The van der Waals surface area contributed by atoms with E-state index >= 15 is 0 Å². The molecule has 0 amide bonds. The highest BCUT2D eigenvalue weighted by Crippen LogP contribution is 2.22. The van der Waals surface area contributed by atoms with Crippen molar-refractivity contribution in [2.45, 2.75) is 52.6 Å². The van der Waals surface area contributed by atoms with Crippen LogP contribution in [0.2, 0.25) is 0 Å². The summed E-state index contributed by atoms with van der Waals surface area (Å²) in [6.07, 6.45) is 3.27. The molecule has 2 nitrogen and oxygen atoms in total. The van der Waals surface area contributed by atoms with Gasteiger partial charge in [-0.3, -0.25) is 0 Å². The molecule has 0 rings (SSSR count). The summed E-state index contributed by atoms with van der Waals surface area (Å²) < 4.78 is 0. The zero-order valence-corrected chi connectivity index (χ0v) is 8.95. The van der Waals surface area contributed by atoms with Crippen LogP contribution in [0.3, 0.4) is 0 Å². The second-order valence-corrected chi connectivity index (χ2v) is 3.59. The van der Waals surface area contributed by atoms with Crippen LogP contribution >= 0.6 is 0 Å². The molecule has 2 unspecified atom stereocenters. The Morgan fingerprint density at radius 2 is 1.77 bits per heavy atom. The predicted molar refractivity (Wildman–Crippen MR) is 54.1 cm³/mol. The monoisotopic (exact) mass is 183 g/mol. The maximum atomic E-state index is 9.88. The van der Waals surface area contributed by atoms with E-state index in [-0.39, 0.29) is 11.8 Å². The van der Waals surface area contributed by atoms with Crippen LogP contribution in [0.4, 0.5) is 0 Å². The molecule has 0 spiro atoms. The normalized spacial score (nSPS) is 15.4. The average Bonchev–Trinajstić information content (AvgIpc) is 2.15. The van der Waals surface area contributed by atoms with Gasteiger partial charge in [0.25, 0.3) is 0 Å². The van der Waals surface area contributed by atoms with Crippen LogP contribution in [-0.4, -0.2) is 11.2 Å². The van der Waals surface area contributed by atoms with Gasteiger partial charge in [0.05, 0.1) is 18.1 Å². The molecule has 76 valence electrons. The molecule has 0 aliphatic rings. The minimum Gasteiger partial charge on any atom is -0.391 e. The van der Waals surface area contributed by atoms with Crippen LogP contribution in [0.25, 0.3) is 0 Å². The highest BCUT2D eigenvalue weighted by atomic mass is 16.3. The van der Waals surface area contributed by atoms with E-state index < -0.39 is 6.10 Å². The van der Waals surface area contributed by atoms with E-state index in [0.717, 1.165) is 25.7 Å². The Labute approximate surface area is 81.6 Å². The van der Waals surface area contributed by atoms with Gasteiger partial charge in [0.15, 0.2) is 0 Å². The molecular weight excluding hydrogens is 162 g/mol. The molecule has 0 aromatic heterocycles. The lowest BCUT2D eigenvalue weighted by Crippen LogP contribution is -2.27. The molecule has 0 bridgehead atoms. The maximum absolute atomic E-state index is 9.88. The Balaban J connectivity index is 4.18. The second-order valence-electron chi connectivity index (χ2n) is 3.59. The van der Waals surface area contributed by atoms with Crippen molar-refractivity contribution in [3.05, 3.63) is 0 Å². The van der Waals surface area contributed by atoms with Gasteiger partial charge in [-0.25, -0.2) is 0 Å². The Hall–Kier alpha value is -0.550. The van der Waals surface area contributed by atoms with Crippen LogP contribution in [0.15, 0.2) is 0 Å². The highest BCUT2D eigenvalue weighted by Gasteiger charge is 2.24. The van der Waals surface area contributed by atoms with Gasteiger partial charge in [-0.05, 0) is 12.3 Å². The van der Waals surface area contributed by atoms with Gasteiger partial charge >= 0.3 is 0 Å². The Kier molecular flexibility index (Phi) is 6.62. The number of aliphatic hydroxyl groups is 1. The van der Waals surface area contributed by atoms with Crippen LogP contribution in [0.5, 0.6) is 0 Å². The quantitative estimate of drug-likeness (QED) is 0.688. The first kappa shape index (κ1) is 12.4. The Bertz CT molecular complexity index is 158. The lowest BCUT2D eigenvalue weighted by atomic mass is 9.86. The molecule has 0 radical (unpaired) electrons. The van der Waals surface area contributed by atoms with E-state index in [0.29, 0.717) is 0 Å². The van der Waals surface area contributed by atoms with Gasteiger partial charge in [0.2, 0.25) is 0 Å². The summed E-state index contributed by atoms with van der Waals surface area (Å²) in [5.74, 6) is 0.117. The van der Waals surface area contributed by atoms with Gasteiger partial charge in [0.1, 0.15) is 0 Å². The fraction of sp³-hybridized carbons (Fsp3) is 0.909. The third-order valence-electron chi connectivity index (χ3n) is 2.71. The molecule has 2 atom stereocenters. The molecule has 1 N–H and O–H groups in total. The van der Waals surface area contributed by atoms with Gasteiger partial charge in [-0.15, -0.1) is 0 Å². The Morgan fingerprint density at radius 3 is 2.08 bits per heavy atom. The third kappa shape index (κ3) is 3.78. The molecule has 0 saturated heterocycles. The van der Waals surface area contributed by atoms with Crippen LogP contribution in [-0.2, 0) is 0 Å². The van der Waals surface area contributed by atoms with Crippen molar-refractivity contribution in [3.63, 3.8) is 0 Å². The molecule has 0 saturated carbocycles. The van der Waals surface area contributed by atoms with Crippen LogP contribution in [0.1, 0.15) is 46.5 Å². The van der Waals surface area contributed by atoms with Crippen molar-refractivity contribution in [3.8, 4) is 6.07 Å². The summed E-state index contributed by atoms with van der Waals surface area (Å²) in [6.45, 7) is 6.18. The van der Waals surface area contributed by atoms with Crippen molar-refractivity contribution in [1.82, 2.24) is 0 Å². The third-order valence-corrected chi connectivity index (χ3v) is 2.71. The SMILES string of the molecule is CCCC(C#N)C(O)C(CC)CC. The number of nitriles is 1. The minimum absolute atomic E-state index is 0.171. The van der Waals surface area contributed by atoms with Crippen molar-refractivity contribution in [2.24, 2.45) is 11.8 Å². The number of rotatable bonds is 6. The van der Waals surface area contributed by atoms with Gasteiger partial charge in [0, 0.05) is 0 Å². The van der Waals surface area contributed by atoms with Crippen molar-refractivity contribution >= 4 is 0 Å². The van der Waals surface area contributed by atoms with Gasteiger partial charge in [-0.2, -0.15) is 5.26 Å². The van der Waals surface area contributed by atoms with E-state index in [1.54, 1.807) is 0 Å². The molecule has 13 heavy (non-hydrogen) atoms. The molecule has 0 aromatic carbocycles. The fourth-order valence-electron chi connectivity index (χ4n) is 1.72. The molecule has 0 aliphatic carbocycles. The molecule has 0 heterocycles. The van der Waals surface area contributed by atoms with Crippen molar-refractivity contribution in [1.29, 1.82) is 5.26 Å². The molecular formula is C11H21NO. The zero-order chi connectivity index (χ0) is 10.3. The van der Waals surface area contributed by atoms with Gasteiger partial charge < -0.3 is 5.11 Å². The summed E-state index contributed by atoms with van der Waals surface area (Å²) in [5, 5.41) is 18.7. The highest BCUT2D eigenvalue weighted by molar-refractivity contribution is 4.90. The van der Waals surface area contributed by atoms with Crippen molar-refractivity contribution in [2.75, 3.05) is 0 Å². The number of hydrogen-bond donors (Lipinski definition) is 1. The molecule has 0 fully saturated rings. The number of nitrogens with zero attached hydrogens (tertiary/aromatic N) is 1. The maximum Gasteiger partial charge on any atom is 0.0726 e. The smallest absolute Gasteiger partial charge is 0.0726 e. The average molecular weight is 183 g/mol. The first-order valence-electron chi connectivity index (χ1n) is 5.28. The number of hydrogen-bond acceptors (Lipinski definition) is 2. The molecule has 2 heteroatoms. The summed E-state index contributed by atoms with van der Waals surface area (Å²) in [5.41, 5.74) is 0. The lowest BCUT2D eigenvalue weighted by Gasteiger charge is -2.23. The minimum atomic E-state index is -0.431. The topological polar surface area (TPSA) is 44.0 Å². The zero-order valence-electron chi connectivity index (χ0n) is 8.95. The van der Waals surface area contributed by atoms with E-state index in [1.807, 2.05) is 6.92 Å². The summed E-state index contributed by atoms with van der Waals surface area (Å²) in [6, 6.07) is 2.20. The van der Waals surface area contributed by atoms with E-state index in [1.165, 1.54) is 0 Å². The van der Waals surface area contributed by atoms with Crippen LogP contribution in [0, 0.1) is 23.2 Å². The van der Waals surface area contributed by atoms with E-state index in [2.05, 4.69) is 19.9 Å². The predicted octanol–water partition coefficient (Wildman–Crippen LogP) is 2.72. The lowest BCUT2D eigenvalue weighted by molar-refractivity contribution is 0.0637.